The molecular formula is C15H32. The van der Waals surface area contributed by atoms with Gasteiger partial charge in [0.1, 0.15) is 0 Å². The Morgan fingerprint density at radius 3 is 1.13 bits per heavy atom. The molecule has 0 aromatic rings. The quantitative estimate of drug-likeness (QED) is 0.497. The second-order valence-corrected chi connectivity index (χ2v) is 6.04. The highest BCUT2D eigenvalue weighted by Gasteiger charge is 2.16. The molecule has 0 nitrogen and oxygen atoms in total. The zero-order chi connectivity index (χ0) is 11.8. The lowest BCUT2D eigenvalue weighted by atomic mass is 9.82. The predicted molar refractivity (Wildman–Crippen MR) is 71.1 cm³/mol. The highest BCUT2D eigenvalue weighted by molar-refractivity contribution is 4.67. The van der Waals surface area contributed by atoms with Crippen LogP contribution in [0.1, 0.15) is 73.6 Å². The summed E-state index contributed by atoms with van der Waals surface area (Å²) in [6.07, 6.45) is 7.04. The summed E-state index contributed by atoms with van der Waals surface area (Å²) >= 11 is 0. The molecule has 0 saturated heterocycles. The van der Waals surface area contributed by atoms with Crippen LogP contribution in [-0.2, 0) is 0 Å². The largest absolute Gasteiger partial charge is 0.0651 e. The van der Waals surface area contributed by atoms with Gasteiger partial charge in [-0.05, 0) is 42.9 Å². The van der Waals surface area contributed by atoms with Gasteiger partial charge in [-0.1, -0.05) is 54.4 Å². The fourth-order valence-electron chi connectivity index (χ4n) is 2.66. The zero-order valence-electron chi connectivity index (χ0n) is 11.8. The van der Waals surface area contributed by atoms with E-state index < -0.39 is 0 Å². The van der Waals surface area contributed by atoms with Gasteiger partial charge in [-0.2, -0.15) is 0 Å². The molecule has 0 rings (SSSR count). The topological polar surface area (TPSA) is 0 Å². The van der Waals surface area contributed by atoms with Crippen molar-refractivity contribution in [3.8, 4) is 0 Å². The molecule has 0 fully saturated rings. The molecule has 0 heteroatoms. The summed E-state index contributed by atoms with van der Waals surface area (Å²) in [5, 5.41) is 0. The summed E-state index contributed by atoms with van der Waals surface area (Å²) < 4.78 is 0. The van der Waals surface area contributed by atoms with E-state index in [9.17, 15) is 0 Å². The standard InChI is InChI=1S/C15H32/c1-7-14(9-12(3)4)11-15(8-2)10-13(5)6/h12-15H,7-11H2,1-6H3. The predicted octanol–water partition coefficient (Wildman–Crippen LogP) is 5.52. The average molecular weight is 212 g/mol. The molecule has 0 aliphatic rings. The van der Waals surface area contributed by atoms with Gasteiger partial charge < -0.3 is 0 Å². The van der Waals surface area contributed by atoms with Crippen LogP contribution >= 0.6 is 0 Å². The van der Waals surface area contributed by atoms with Gasteiger partial charge in [0.2, 0.25) is 0 Å². The van der Waals surface area contributed by atoms with Crippen LogP contribution in [0.3, 0.4) is 0 Å². The van der Waals surface area contributed by atoms with E-state index in [0.717, 1.165) is 23.7 Å². The Kier molecular flexibility index (Phi) is 8.19. The maximum Gasteiger partial charge on any atom is -0.0412 e. The van der Waals surface area contributed by atoms with Crippen LogP contribution in [0.4, 0.5) is 0 Å². The highest BCUT2D eigenvalue weighted by Crippen LogP contribution is 2.28. The summed E-state index contributed by atoms with van der Waals surface area (Å²) in [6.45, 7) is 14.1. The smallest absolute Gasteiger partial charge is 0.0412 e. The summed E-state index contributed by atoms with van der Waals surface area (Å²) in [5.74, 6) is 3.67. The van der Waals surface area contributed by atoms with Crippen molar-refractivity contribution in [3.05, 3.63) is 0 Å². The van der Waals surface area contributed by atoms with Crippen LogP contribution < -0.4 is 0 Å². The van der Waals surface area contributed by atoms with E-state index in [1.165, 1.54) is 32.1 Å². The van der Waals surface area contributed by atoms with Gasteiger partial charge >= 0.3 is 0 Å². The van der Waals surface area contributed by atoms with Gasteiger partial charge in [-0.25, -0.2) is 0 Å². The van der Waals surface area contributed by atoms with Gasteiger partial charge in [-0.15, -0.1) is 0 Å². The molecule has 0 aliphatic carbocycles. The lowest BCUT2D eigenvalue weighted by Crippen LogP contribution is -2.12. The third kappa shape index (κ3) is 7.88. The average Bonchev–Trinajstić information content (AvgIpc) is 2.14. The molecule has 0 aliphatic heterocycles. The van der Waals surface area contributed by atoms with E-state index in [2.05, 4.69) is 41.5 Å². The minimum atomic E-state index is 0.867. The highest BCUT2D eigenvalue weighted by atomic mass is 14.2. The lowest BCUT2D eigenvalue weighted by molar-refractivity contribution is 0.277. The monoisotopic (exact) mass is 212 g/mol. The van der Waals surface area contributed by atoms with Crippen molar-refractivity contribution in [3.63, 3.8) is 0 Å². The van der Waals surface area contributed by atoms with Crippen molar-refractivity contribution >= 4 is 0 Å². The zero-order valence-corrected chi connectivity index (χ0v) is 11.8. The first-order chi connectivity index (χ1) is 6.99. The molecule has 0 spiro atoms. The molecule has 0 amide bonds. The van der Waals surface area contributed by atoms with Crippen LogP contribution in [0.25, 0.3) is 0 Å². The minimum absolute atomic E-state index is 0.867. The van der Waals surface area contributed by atoms with Crippen LogP contribution in [0.15, 0.2) is 0 Å². The maximum atomic E-state index is 2.36. The van der Waals surface area contributed by atoms with Gasteiger partial charge in [0.05, 0.1) is 0 Å². The van der Waals surface area contributed by atoms with Crippen molar-refractivity contribution < 1.29 is 0 Å². The third-order valence-corrected chi connectivity index (χ3v) is 3.43. The Labute approximate surface area is 97.8 Å². The minimum Gasteiger partial charge on any atom is -0.0651 e. The Morgan fingerprint density at radius 2 is 0.933 bits per heavy atom. The second kappa shape index (κ2) is 8.19. The Morgan fingerprint density at radius 1 is 0.600 bits per heavy atom. The van der Waals surface area contributed by atoms with Crippen molar-refractivity contribution in [2.45, 2.75) is 73.6 Å². The van der Waals surface area contributed by atoms with Gasteiger partial charge in [0, 0.05) is 0 Å². The Hall–Kier alpha value is 0. The fourth-order valence-corrected chi connectivity index (χ4v) is 2.66. The molecule has 0 heterocycles. The van der Waals surface area contributed by atoms with Crippen LogP contribution in [0, 0.1) is 23.7 Å². The van der Waals surface area contributed by atoms with E-state index in [-0.39, 0.29) is 0 Å². The first-order valence-electron chi connectivity index (χ1n) is 6.99. The van der Waals surface area contributed by atoms with E-state index >= 15 is 0 Å². The van der Waals surface area contributed by atoms with E-state index in [4.69, 9.17) is 0 Å². The Bertz CT molecular complexity index is 119. The summed E-state index contributed by atoms with van der Waals surface area (Å²) in [6, 6.07) is 0. The first-order valence-corrected chi connectivity index (χ1v) is 6.99. The molecule has 0 aromatic carbocycles. The number of hydrogen-bond donors (Lipinski definition) is 0. The van der Waals surface area contributed by atoms with Crippen LogP contribution in [0.2, 0.25) is 0 Å². The summed E-state index contributed by atoms with van der Waals surface area (Å²) in [5.41, 5.74) is 0. The van der Waals surface area contributed by atoms with Crippen LogP contribution in [-0.4, -0.2) is 0 Å². The number of hydrogen-bond acceptors (Lipinski definition) is 0. The molecule has 15 heavy (non-hydrogen) atoms. The molecule has 0 saturated carbocycles. The van der Waals surface area contributed by atoms with Gasteiger partial charge in [0.25, 0.3) is 0 Å². The van der Waals surface area contributed by atoms with E-state index in [0.29, 0.717) is 0 Å². The van der Waals surface area contributed by atoms with Gasteiger partial charge in [0.15, 0.2) is 0 Å². The third-order valence-electron chi connectivity index (χ3n) is 3.43. The molecule has 0 radical (unpaired) electrons. The molecule has 2 atom stereocenters. The second-order valence-electron chi connectivity index (χ2n) is 6.04. The van der Waals surface area contributed by atoms with Crippen molar-refractivity contribution in [1.29, 1.82) is 0 Å². The van der Waals surface area contributed by atoms with Crippen LogP contribution in [0.5, 0.6) is 0 Å². The SMILES string of the molecule is CCC(CC(C)C)CC(CC)CC(C)C. The fraction of sp³-hybridized carbons (Fsp3) is 1.00. The molecule has 0 N–H and O–H groups in total. The van der Waals surface area contributed by atoms with Gasteiger partial charge in [-0.3, -0.25) is 0 Å². The summed E-state index contributed by atoms with van der Waals surface area (Å²) in [7, 11) is 0. The van der Waals surface area contributed by atoms with E-state index in [1.54, 1.807) is 0 Å². The first kappa shape index (κ1) is 15.0. The van der Waals surface area contributed by atoms with Crippen molar-refractivity contribution in [2.75, 3.05) is 0 Å². The molecule has 2 unspecified atom stereocenters. The maximum absolute atomic E-state index is 2.36. The molecular weight excluding hydrogens is 180 g/mol. The lowest BCUT2D eigenvalue weighted by Gasteiger charge is -2.24. The molecule has 0 bridgehead atoms. The molecule has 92 valence electrons. The van der Waals surface area contributed by atoms with Crippen molar-refractivity contribution in [1.82, 2.24) is 0 Å². The normalized spacial score (nSPS) is 16.0. The number of rotatable bonds is 8. The van der Waals surface area contributed by atoms with E-state index in [1.807, 2.05) is 0 Å². The molecule has 0 aromatic heterocycles. The Balaban J connectivity index is 3.99. The van der Waals surface area contributed by atoms with Crippen molar-refractivity contribution in [2.24, 2.45) is 23.7 Å². The summed E-state index contributed by atoms with van der Waals surface area (Å²) in [4.78, 5) is 0.